The summed E-state index contributed by atoms with van der Waals surface area (Å²) in [6.07, 6.45) is 2.01. The molecule has 0 aromatic heterocycles. The molecule has 0 aliphatic carbocycles. The average molecular weight is 291 g/mol. The highest BCUT2D eigenvalue weighted by atomic mass is 16.5. The molecular formula is C19H33NO. The van der Waals surface area contributed by atoms with Crippen molar-refractivity contribution in [2.24, 2.45) is 0 Å². The molecule has 1 aromatic carbocycles. The Labute approximate surface area is 131 Å². The standard InChI is InChI=1S/C19H33NO/c1-8-19(9-2,21-10-3)17(20-7)15-11-13-16(14-12-15)18(4,5)6/h11-14,17,20H,8-10H2,1-7H3. The Bertz CT molecular complexity index is 412. The highest BCUT2D eigenvalue weighted by Gasteiger charge is 2.36. The van der Waals surface area contributed by atoms with E-state index in [1.54, 1.807) is 0 Å². The van der Waals surface area contributed by atoms with Gasteiger partial charge < -0.3 is 10.1 Å². The summed E-state index contributed by atoms with van der Waals surface area (Å²) in [6, 6.07) is 9.23. The van der Waals surface area contributed by atoms with Gasteiger partial charge in [0.2, 0.25) is 0 Å². The molecule has 0 saturated carbocycles. The van der Waals surface area contributed by atoms with Crippen molar-refractivity contribution in [2.45, 2.75) is 71.4 Å². The Balaban J connectivity index is 3.14. The van der Waals surface area contributed by atoms with Gasteiger partial charge in [-0.05, 0) is 43.4 Å². The summed E-state index contributed by atoms with van der Waals surface area (Å²) in [7, 11) is 2.03. The minimum Gasteiger partial charge on any atom is -0.373 e. The summed E-state index contributed by atoms with van der Waals surface area (Å²) in [6.45, 7) is 14.0. The number of hydrogen-bond acceptors (Lipinski definition) is 2. The summed E-state index contributed by atoms with van der Waals surface area (Å²) >= 11 is 0. The zero-order valence-corrected chi connectivity index (χ0v) is 14.9. The van der Waals surface area contributed by atoms with Crippen LogP contribution in [0.1, 0.15) is 71.6 Å². The number of likely N-dealkylation sites (N-methyl/N-ethyl adjacent to an activating group) is 1. The molecule has 1 rings (SSSR count). The lowest BCUT2D eigenvalue weighted by Crippen LogP contribution is -2.44. The van der Waals surface area contributed by atoms with E-state index in [0.29, 0.717) is 0 Å². The van der Waals surface area contributed by atoms with E-state index in [4.69, 9.17) is 4.74 Å². The van der Waals surface area contributed by atoms with Crippen LogP contribution in [-0.4, -0.2) is 19.3 Å². The predicted octanol–water partition coefficient (Wildman–Crippen LogP) is 4.84. The second kappa shape index (κ2) is 7.42. The third-order valence-electron chi connectivity index (χ3n) is 4.55. The smallest absolute Gasteiger partial charge is 0.0870 e. The van der Waals surface area contributed by atoms with Crippen LogP contribution in [0.25, 0.3) is 0 Å². The highest BCUT2D eigenvalue weighted by molar-refractivity contribution is 5.30. The van der Waals surface area contributed by atoms with E-state index in [2.05, 4.69) is 71.1 Å². The van der Waals surface area contributed by atoms with Gasteiger partial charge >= 0.3 is 0 Å². The molecule has 0 aliphatic heterocycles. The van der Waals surface area contributed by atoms with Gasteiger partial charge in [-0.25, -0.2) is 0 Å². The van der Waals surface area contributed by atoms with Crippen molar-refractivity contribution in [1.82, 2.24) is 5.32 Å². The molecule has 2 heteroatoms. The summed E-state index contributed by atoms with van der Waals surface area (Å²) < 4.78 is 6.17. The maximum absolute atomic E-state index is 6.17. The Hall–Kier alpha value is -0.860. The first kappa shape index (κ1) is 18.2. The van der Waals surface area contributed by atoms with E-state index >= 15 is 0 Å². The van der Waals surface area contributed by atoms with Crippen molar-refractivity contribution >= 4 is 0 Å². The summed E-state index contributed by atoms with van der Waals surface area (Å²) in [5.74, 6) is 0. The normalized spacial score (nSPS) is 14.2. The van der Waals surface area contributed by atoms with Gasteiger partial charge in [0.15, 0.2) is 0 Å². The van der Waals surface area contributed by atoms with Gasteiger partial charge in [-0.1, -0.05) is 58.9 Å². The number of rotatable bonds is 7. The second-order valence-electron chi connectivity index (χ2n) is 6.80. The SMILES string of the molecule is CCOC(CC)(CC)C(NC)c1ccc(C(C)(C)C)cc1. The third-order valence-corrected chi connectivity index (χ3v) is 4.55. The van der Waals surface area contributed by atoms with Crippen molar-refractivity contribution in [1.29, 1.82) is 0 Å². The number of benzene rings is 1. The Kier molecular flexibility index (Phi) is 6.42. The van der Waals surface area contributed by atoms with Gasteiger partial charge in [0, 0.05) is 6.61 Å². The van der Waals surface area contributed by atoms with Crippen molar-refractivity contribution in [2.75, 3.05) is 13.7 Å². The monoisotopic (exact) mass is 291 g/mol. The van der Waals surface area contributed by atoms with E-state index in [-0.39, 0.29) is 17.1 Å². The van der Waals surface area contributed by atoms with Crippen LogP contribution in [0.5, 0.6) is 0 Å². The maximum Gasteiger partial charge on any atom is 0.0870 e. The molecule has 0 aliphatic rings. The highest BCUT2D eigenvalue weighted by Crippen LogP contribution is 2.36. The van der Waals surface area contributed by atoms with E-state index in [1.165, 1.54) is 11.1 Å². The zero-order chi connectivity index (χ0) is 16.1. The lowest BCUT2D eigenvalue weighted by atomic mass is 9.81. The van der Waals surface area contributed by atoms with Crippen LogP contribution in [0.4, 0.5) is 0 Å². The third kappa shape index (κ3) is 4.08. The molecule has 0 radical (unpaired) electrons. The predicted molar refractivity (Wildman–Crippen MR) is 91.9 cm³/mol. The Morgan fingerprint density at radius 1 is 1.00 bits per heavy atom. The molecule has 2 nitrogen and oxygen atoms in total. The lowest BCUT2D eigenvalue weighted by Gasteiger charge is -2.39. The van der Waals surface area contributed by atoms with E-state index in [0.717, 1.165) is 19.4 Å². The first-order chi connectivity index (χ1) is 9.84. The van der Waals surface area contributed by atoms with E-state index in [9.17, 15) is 0 Å². The Morgan fingerprint density at radius 2 is 1.52 bits per heavy atom. The van der Waals surface area contributed by atoms with Crippen molar-refractivity contribution in [3.05, 3.63) is 35.4 Å². The molecule has 0 bridgehead atoms. The van der Waals surface area contributed by atoms with Gasteiger partial charge in [0.25, 0.3) is 0 Å². The first-order valence-electron chi connectivity index (χ1n) is 8.26. The van der Waals surface area contributed by atoms with Crippen LogP contribution < -0.4 is 5.32 Å². The van der Waals surface area contributed by atoms with Crippen LogP contribution in [-0.2, 0) is 10.2 Å². The maximum atomic E-state index is 6.17. The van der Waals surface area contributed by atoms with Gasteiger partial charge in [0.05, 0.1) is 11.6 Å². The zero-order valence-electron chi connectivity index (χ0n) is 14.9. The fourth-order valence-electron chi connectivity index (χ4n) is 3.14. The molecule has 0 spiro atoms. The van der Waals surface area contributed by atoms with Gasteiger partial charge in [-0.2, -0.15) is 0 Å². The fourth-order valence-corrected chi connectivity index (χ4v) is 3.14. The first-order valence-corrected chi connectivity index (χ1v) is 8.26. The molecule has 120 valence electrons. The Morgan fingerprint density at radius 3 is 1.86 bits per heavy atom. The number of nitrogens with one attached hydrogen (secondary N) is 1. The molecule has 1 unspecified atom stereocenters. The lowest BCUT2D eigenvalue weighted by molar-refractivity contribution is -0.0717. The van der Waals surface area contributed by atoms with E-state index < -0.39 is 0 Å². The van der Waals surface area contributed by atoms with Crippen LogP contribution in [0, 0.1) is 0 Å². The van der Waals surface area contributed by atoms with Crippen LogP contribution >= 0.6 is 0 Å². The number of hydrogen-bond donors (Lipinski definition) is 1. The van der Waals surface area contributed by atoms with Gasteiger partial charge in [-0.3, -0.25) is 0 Å². The minimum atomic E-state index is -0.132. The molecule has 0 heterocycles. The largest absolute Gasteiger partial charge is 0.373 e. The van der Waals surface area contributed by atoms with Crippen molar-refractivity contribution in [3.63, 3.8) is 0 Å². The summed E-state index contributed by atoms with van der Waals surface area (Å²) in [5.41, 5.74) is 2.74. The fraction of sp³-hybridized carbons (Fsp3) is 0.684. The topological polar surface area (TPSA) is 21.3 Å². The second-order valence-corrected chi connectivity index (χ2v) is 6.80. The quantitative estimate of drug-likeness (QED) is 0.776. The summed E-state index contributed by atoms with van der Waals surface area (Å²) in [4.78, 5) is 0. The van der Waals surface area contributed by atoms with Crippen molar-refractivity contribution < 1.29 is 4.74 Å². The molecule has 0 fully saturated rings. The van der Waals surface area contributed by atoms with Crippen LogP contribution in [0.3, 0.4) is 0 Å². The van der Waals surface area contributed by atoms with Crippen LogP contribution in [0.2, 0.25) is 0 Å². The van der Waals surface area contributed by atoms with Gasteiger partial charge in [0.1, 0.15) is 0 Å². The average Bonchev–Trinajstić information content (AvgIpc) is 2.46. The molecule has 1 N–H and O–H groups in total. The number of ether oxygens (including phenoxy) is 1. The van der Waals surface area contributed by atoms with Gasteiger partial charge in [-0.15, -0.1) is 0 Å². The minimum absolute atomic E-state index is 0.132. The molecule has 1 aromatic rings. The molecular weight excluding hydrogens is 258 g/mol. The molecule has 21 heavy (non-hydrogen) atoms. The van der Waals surface area contributed by atoms with Crippen LogP contribution in [0.15, 0.2) is 24.3 Å². The molecule has 0 saturated heterocycles. The molecule has 0 amide bonds. The van der Waals surface area contributed by atoms with E-state index in [1.807, 2.05) is 7.05 Å². The summed E-state index contributed by atoms with van der Waals surface area (Å²) in [5, 5.41) is 3.48. The molecule has 1 atom stereocenters. The van der Waals surface area contributed by atoms with Crippen molar-refractivity contribution in [3.8, 4) is 0 Å².